The van der Waals surface area contributed by atoms with E-state index in [0.717, 1.165) is 0 Å². The Morgan fingerprint density at radius 1 is 0.870 bits per heavy atom. The van der Waals surface area contributed by atoms with Crippen molar-refractivity contribution in [2.45, 2.75) is 61.0 Å². The molecule has 1 heterocycles. The molecule has 0 aromatic rings. The van der Waals surface area contributed by atoms with Gasteiger partial charge in [0.2, 0.25) is 5.91 Å². The van der Waals surface area contributed by atoms with Crippen LogP contribution in [0.4, 0.5) is 4.79 Å². The Balaban J connectivity index is 0. The van der Waals surface area contributed by atoms with E-state index >= 15 is 0 Å². The molecule has 0 aromatic heterocycles. The van der Waals surface area contributed by atoms with Gasteiger partial charge < -0.3 is 19.6 Å². The van der Waals surface area contributed by atoms with E-state index in [9.17, 15) is 14.7 Å². The molecular formula is C17H36N2O4. The fourth-order valence-corrected chi connectivity index (χ4v) is 1.88. The lowest BCUT2D eigenvalue weighted by Crippen LogP contribution is -2.57. The van der Waals surface area contributed by atoms with Gasteiger partial charge in [-0.3, -0.25) is 4.79 Å². The first-order chi connectivity index (χ1) is 10.6. The third-order valence-corrected chi connectivity index (χ3v) is 4.06. The van der Waals surface area contributed by atoms with Crippen LogP contribution in [0, 0.1) is 5.41 Å². The van der Waals surface area contributed by atoms with E-state index in [2.05, 4.69) is 4.74 Å². The lowest BCUT2D eigenvalue weighted by Gasteiger charge is -2.42. The number of carbonyl (C=O) groups is 2. The number of nitrogens with zero attached hydrogens (tertiary/aromatic N) is 2. The molecule has 0 saturated carbocycles. The summed E-state index contributed by atoms with van der Waals surface area (Å²) in [6.45, 7) is 16.6. The minimum atomic E-state index is -1.09. The molecule has 0 radical (unpaired) electrons. The Kier molecular flexibility index (Phi) is 10.9. The van der Waals surface area contributed by atoms with Gasteiger partial charge in [-0.1, -0.05) is 27.7 Å². The maximum atomic E-state index is 12.4. The second-order valence-corrected chi connectivity index (χ2v) is 5.93. The number of piperazine rings is 1. The molecule has 6 heteroatoms. The molecule has 0 aliphatic carbocycles. The largest absolute Gasteiger partial charge is 0.453 e. The number of hydrogen-bond donors (Lipinski definition) is 1. The van der Waals surface area contributed by atoms with Crippen LogP contribution in [0.25, 0.3) is 0 Å². The minimum Gasteiger partial charge on any atom is -0.453 e. The first kappa shape index (κ1) is 24.0. The molecule has 0 spiro atoms. The number of hydrogen-bond acceptors (Lipinski definition) is 4. The van der Waals surface area contributed by atoms with Crippen LogP contribution in [-0.4, -0.2) is 65.8 Å². The van der Waals surface area contributed by atoms with E-state index in [1.54, 1.807) is 37.5 Å². The predicted molar refractivity (Wildman–Crippen MR) is 93.3 cm³/mol. The highest BCUT2D eigenvalue weighted by atomic mass is 16.5. The van der Waals surface area contributed by atoms with E-state index in [0.29, 0.717) is 26.2 Å². The summed E-state index contributed by atoms with van der Waals surface area (Å²) in [7, 11) is 1.34. The lowest BCUT2D eigenvalue weighted by atomic mass is 9.76. The van der Waals surface area contributed by atoms with Gasteiger partial charge in [0.1, 0.15) is 0 Å². The summed E-state index contributed by atoms with van der Waals surface area (Å²) in [5.74, 6) is -0.0930. The molecule has 23 heavy (non-hydrogen) atoms. The normalized spacial score (nSPS) is 14.9. The van der Waals surface area contributed by atoms with Gasteiger partial charge in [-0.25, -0.2) is 4.79 Å². The van der Waals surface area contributed by atoms with Gasteiger partial charge in [0.05, 0.1) is 18.1 Å². The molecule has 0 unspecified atom stereocenters. The fourth-order valence-electron chi connectivity index (χ4n) is 1.88. The van der Waals surface area contributed by atoms with E-state index in [1.807, 2.05) is 27.7 Å². The van der Waals surface area contributed by atoms with Crippen molar-refractivity contribution in [3.05, 3.63) is 0 Å². The summed E-state index contributed by atoms with van der Waals surface area (Å²) >= 11 is 0. The van der Waals surface area contributed by atoms with Crippen molar-refractivity contribution in [1.82, 2.24) is 9.80 Å². The maximum Gasteiger partial charge on any atom is 0.409 e. The molecule has 1 aliphatic rings. The van der Waals surface area contributed by atoms with Crippen molar-refractivity contribution in [1.29, 1.82) is 0 Å². The van der Waals surface area contributed by atoms with Gasteiger partial charge >= 0.3 is 6.09 Å². The summed E-state index contributed by atoms with van der Waals surface area (Å²) in [6, 6.07) is 0. The highest BCUT2D eigenvalue weighted by Gasteiger charge is 2.44. The fraction of sp³-hybridized carbons (Fsp3) is 0.882. The first-order valence-corrected chi connectivity index (χ1v) is 8.46. The molecule has 1 fully saturated rings. The van der Waals surface area contributed by atoms with E-state index < -0.39 is 11.0 Å². The quantitative estimate of drug-likeness (QED) is 0.844. The lowest BCUT2D eigenvalue weighted by molar-refractivity contribution is -0.155. The molecule has 6 nitrogen and oxygen atoms in total. The van der Waals surface area contributed by atoms with E-state index in [4.69, 9.17) is 0 Å². The van der Waals surface area contributed by atoms with Gasteiger partial charge in [-0.2, -0.15) is 0 Å². The highest BCUT2D eigenvalue weighted by molar-refractivity contribution is 5.83. The second kappa shape index (κ2) is 10.5. The molecule has 138 valence electrons. The third kappa shape index (κ3) is 6.37. The van der Waals surface area contributed by atoms with Crippen molar-refractivity contribution in [2.24, 2.45) is 5.41 Å². The Morgan fingerprint density at radius 3 is 1.52 bits per heavy atom. The summed E-state index contributed by atoms with van der Waals surface area (Å²) in [4.78, 5) is 27.1. The molecule has 0 bridgehead atoms. The van der Waals surface area contributed by atoms with Gasteiger partial charge in [-0.15, -0.1) is 0 Å². The summed E-state index contributed by atoms with van der Waals surface area (Å²) in [5, 5.41) is 10.1. The van der Waals surface area contributed by atoms with Crippen LogP contribution < -0.4 is 0 Å². The van der Waals surface area contributed by atoms with Crippen molar-refractivity contribution in [2.75, 3.05) is 33.3 Å². The van der Waals surface area contributed by atoms with Crippen LogP contribution in [0.5, 0.6) is 0 Å². The first-order valence-electron chi connectivity index (χ1n) is 8.46. The van der Waals surface area contributed by atoms with E-state index in [-0.39, 0.29) is 12.0 Å². The molecule has 1 aliphatic heterocycles. The van der Waals surface area contributed by atoms with Crippen molar-refractivity contribution < 1.29 is 19.4 Å². The zero-order valence-corrected chi connectivity index (χ0v) is 16.4. The number of ether oxygens (including phenoxy) is 1. The van der Waals surface area contributed by atoms with Crippen molar-refractivity contribution in [3.8, 4) is 0 Å². The molecule has 0 atom stereocenters. The zero-order valence-electron chi connectivity index (χ0n) is 16.4. The van der Waals surface area contributed by atoms with Gasteiger partial charge in [0, 0.05) is 26.2 Å². The third-order valence-electron chi connectivity index (χ3n) is 4.06. The van der Waals surface area contributed by atoms with Gasteiger partial charge in [0.25, 0.3) is 0 Å². The molecule has 2 amide bonds. The standard InChI is InChI=1S/C13H24N2O4.2C2H6/c1-12(2,13(3,4)18)10(16)14-6-8-15(9-7-14)11(17)19-5;2*1-2/h18H,6-9H2,1-5H3;2*1-2H3. The Hall–Kier alpha value is -1.30. The van der Waals surface area contributed by atoms with Crippen LogP contribution in [0.2, 0.25) is 0 Å². The topological polar surface area (TPSA) is 70.1 Å². The van der Waals surface area contributed by atoms with Crippen LogP contribution in [0.15, 0.2) is 0 Å². The van der Waals surface area contributed by atoms with E-state index in [1.165, 1.54) is 7.11 Å². The Bertz CT molecular complexity index is 354. The highest BCUT2D eigenvalue weighted by Crippen LogP contribution is 2.32. The minimum absolute atomic E-state index is 0.0930. The predicted octanol–water partition coefficient (Wildman–Crippen LogP) is 2.75. The average Bonchev–Trinajstić information content (AvgIpc) is 2.56. The molecule has 1 saturated heterocycles. The number of methoxy groups -OCH3 is 1. The Labute approximate surface area is 141 Å². The number of aliphatic hydroxyl groups is 1. The number of carbonyl (C=O) groups excluding carboxylic acids is 2. The summed E-state index contributed by atoms with van der Waals surface area (Å²) < 4.78 is 4.65. The van der Waals surface area contributed by atoms with Crippen LogP contribution in [0.1, 0.15) is 55.4 Å². The second-order valence-electron chi connectivity index (χ2n) is 5.93. The molecule has 1 rings (SSSR count). The summed E-state index contributed by atoms with van der Waals surface area (Å²) in [6.07, 6.45) is -0.367. The summed E-state index contributed by atoms with van der Waals surface area (Å²) in [5.41, 5.74) is -1.95. The van der Waals surface area contributed by atoms with Crippen LogP contribution in [0.3, 0.4) is 0 Å². The molecule has 1 N–H and O–H groups in total. The smallest absolute Gasteiger partial charge is 0.409 e. The van der Waals surface area contributed by atoms with Crippen molar-refractivity contribution >= 4 is 12.0 Å². The zero-order chi connectivity index (χ0) is 18.8. The number of amides is 2. The van der Waals surface area contributed by atoms with Crippen molar-refractivity contribution in [3.63, 3.8) is 0 Å². The molecular weight excluding hydrogens is 296 g/mol. The van der Waals surface area contributed by atoms with Gasteiger partial charge in [0.15, 0.2) is 0 Å². The van der Waals surface area contributed by atoms with Gasteiger partial charge in [-0.05, 0) is 27.7 Å². The van der Waals surface area contributed by atoms with Crippen LogP contribution >= 0.6 is 0 Å². The molecule has 0 aromatic carbocycles. The SMILES string of the molecule is CC.CC.COC(=O)N1CCN(C(=O)C(C)(C)C(C)(C)O)CC1. The monoisotopic (exact) mass is 332 g/mol. The average molecular weight is 332 g/mol. The Morgan fingerprint density at radius 2 is 1.22 bits per heavy atom. The number of rotatable bonds is 2. The van der Waals surface area contributed by atoms with Crippen LogP contribution in [-0.2, 0) is 9.53 Å². The maximum absolute atomic E-state index is 12.4.